The summed E-state index contributed by atoms with van der Waals surface area (Å²) in [5.74, 6) is 0.507. The molecular weight excluding hydrogens is 274 g/mol. The quantitative estimate of drug-likeness (QED) is 0.808. The maximum atomic E-state index is 12.2. The normalized spacial score (nSPS) is 13.8. The SMILES string of the molecule is CC(CO)N(C)S(=O)(=O)c1ccc(CCCl)cc1. The lowest BCUT2D eigenvalue weighted by atomic mass is 10.2. The van der Waals surface area contributed by atoms with Crippen molar-refractivity contribution in [3.63, 3.8) is 0 Å². The molecule has 0 bridgehead atoms. The Bertz CT molecular complexity index is 473. The molecular formula is C12H18ClNO3S. The maximum Gasteiger partial charge on any atom is 0.243 e. The van der Waals surface area contributed by atoms with Gasteiger partial charge in [-0.3, -0.25) is 0 Å². The molecule has 1 aromatic rings. The zero-order valence-electron chi connectivity index (χ0n) is 10.5. The standard InChI is InChI=1S/C12H18ClNO3S/c1-10(9-15)14(2)18(16,17)12-5-3-11(4-6-12)7-8-13/h3-6,10,15H,7-9H2,1-2H3. The van der Waals surface area contributed by atoms with Crippen molar-refractivity contribution in [2.45, 2.75) is 24.3 Å². The van der Waals surface area contributed by atoms with Crippen LogP contribution in [0.4, 0.5) is 0 Å². The molecule has 1 N–H and O–H groups in total. The highest BCUT2D eigenvalue weighted by molar-refractivity contribution is 7.89. The van der Waals surface area contributed by atoms with Crippen LogP contribution < -0.4 is 0 Å². The molecule has 0 saturated heterocycles. The number of aliphatic hydroxyl groups is 1. The number of aryl methyl sites for hydroxylation is 1. The number of likely N-dealkylation sites (N-methyl/N-ethyl adjacent to an activating group) is 1. The van der Waals surface area contributed by atoms with E-state index in [4.69, 9.17) is 16.7 Å². The average molecular weight is 292 g/mol. The minimum atomic E-state index is -3.54. The van der Waals surface area contributed by atoms with Crippen molar-refractivity contribution in [2.75, 3.05) is 19.5 Å². The summed E-state index contributed by atoms with van der Waals surface area (Å²) in [7, 11) is -2.08. The summed E-state index contributed by atoms with van der Waals surface area (Å²) in [6, 6.07) is 6.20. The first kappa shape index (κ1) is 15.4. The summed E-state index contributed by atoms with van der Waals surface area (Å²) >= 11 is 5.62. The van der Waals surface area contributed by atoms with Crippen LogP contribution in [0.3, 0.4) is 0 Å². The number of halogens is 1. The molecule has 1 atom stereocenters. The van der Waals surface area contributed by atoms with E-state index in [0.29, 0.717) is 12.3 Å². The monoisotopic (exact) mass is 291 g/mol. The predicted octanol–water partition coefficient (Wildman–Crippen LogP) is 1.47. The smallest absolute Gasteiger partial charge is 0.243 e. The van der Waals surface area contributed by atoms with Gasteiger partial charge in [-0.1, -0.05) is 12.1 Å². The summed E-state index contributed by atoms with van der Waals surface area (Å²) < 4.78 is 25.6. The highest BCUT2D eigenvalue weighted by atomic mass is 35.5. The number of alkyl halides is 1. The second kappa shape index (κ2) is 6.52. The molecule has 0 heterocycles. The molecule has 0 aliphatic carbocycles. The van der Waals surface area contributed by atoms with Crippen molar-refractivity contribution in [1.29, 1.82) is 0 Å². The van der Waals surface area contributed by atoms with Gasteiger partial charge in [-0.05, 0) is 31.0 Å². The van der Waals surface area contributed by atoms with E-state index in [1.54, 1.807) is 31.2 Å². The lowest BCUT2D eigenvalue weighted by molar-refractivity contribution is 0.214. The zero-order chi connectivity index (χ0) is 13.8. The van der Waals surface area contributed by atoms with E-state index in [0.717, 1.165) is 5.56 Å². The fraction of sp³-hybridized carbons (Fsp3) is 0.500. The molecule has 0 amide bonds. The van der Waals surface area contributed by atoms with Gasteiger partial charge in [0.1, 0.15) is 0 Å². The molecule has 0 radical (unpaired) electrons. The first-order valence-electron chi connectivity index (χ1n) is 5.67. The van der Waals surface area contributed by atoms with Gasteiger partial charge in [0.05, 0.1) is 11.5 Å². The van der Waals surface area contributed by atoms with Gasteiger partial charge in [0.25, 0.3) is 0 Å². The lowest BCUT2D eigenvalue weighted by Gasteiger charge is -2.22. The van der Waals surface area contributed by atoms with Crippen LogP contribution in [0.5, 0.6) is 0 Å². The van der Waals surface area contributed by atoms with Gasteiger partial charge >= 0.3 is 0 Å². The Morgan fingerprint density at radius 3 is 2.33 bits per heavy atom. The van der Waals surface area contributed by atoms with Gasteiger partial charge in [0.15, 0.2) is 0 Å². The number of benzene rings is 1. The Kier molecular flexibility index (Phi) is 5.59. The van der Waals surface area contributed by atoms with Crippen LogP contribution in [0, 0.1) is 0 Å². The molecule has 1 rings (SSSR count). The predicted molar refractivity (Wildman–Crippen MR) is 72.4 cm³/mol. The van der Waals surface area contributed by atoms with E-state index in [1.807, 2.05) is 0 Å². The van der Waals surface area contributed by atoms with Crippen LogP contribution in [0.15, 0.2) is 29.2 Å². The van der Waals surface area contributed by atoms with E-state index in [2.05, 4.69) is 0 Å². The van der Waals surface area contributed by atoms with Gasteiger partial charge in [-0.25, -0.2) is 8.42 Å². The average Bonchev–Trinajstić information content (AvgIpc) is 2.38. The third-order valence-electron chi connectivity index (χ3n) is 2.87. The van der Waals surface area contributed by atoms with Crippen molar-refractivity contribution in [2.24, 2.45) is 0 Å². The number of aliphatic hydroxyl groups excluding tert-OH is 1. The molecule has 102 valence electrons. The molecule has 0 aliphatic rings. The fourth-order valence-electron chi connectivity index (χ4n) is 1.46. The molecule has 0 fully saturated rings. The summed E-state index contributed by atoms with van der Waals surface area (Å²) in [5.41, 5.74) is 1.00. The molecule has 1 aromatic carbocycles. The zero-order valence-corrected chi connectivity index (χ0v) is 12.1. The van der Waals surface area contributed by atoms with Crippen molar-refractivity contribution in [3.8, 4) is 0 Å². The maximum absolute atomic E-state index is 12.2. The second-order valence-electron chi connectivity index (χ2n) is 4.14. The van der Waals surface area contributed by atoms with Crippen molar-refractivity contribution >= 4 is 21.6 Å². The van der Waals surface area contributed by atoms with Crippen LogP contribution >= 0.6 is 11.6 Å². The molecule has 0 aromatic heterocycles. The van der Waals surface area contributed by atoms with Crippen LogP contribution in [-0.2, 0) is 16.4 Å². The van der Waals surface area contributed by atoms with Crippen molar-refractivity contribution in [1.82, 2.24) is 4.31 Å². The highest BCUT2D eigenvalue weighted by Crippen LogP contribution is 2.17. The minimum absolute atomic E-state index is 0.208. The van der Waals surface area contributed by atoms with Crippen LogP contribution in [0.2, 0.25) is 0 Å². The Hall–Kier alpha value is -0.620. The summed E-state index contributed by atoms with van der Waals surface area (Å²) in [5, 5.41) is 9.01. The molecule has 0 spiro atoms. The fourth-order valence-corrected chi connectivity index (χ4v) is 3.03. The molecule has 6 heteroatoms. The van der Waals surface area contributed by atoms with Crippen molar-refractivity contribution in [3.05, 3.63) is 29.8 Å². The Morgan fingerprint density at radius 2 is 1.89 bits per heavy atom. The van der Waals surface area contributed by atoms with E-state index >= 15 is 0 Å². The van der Waals surface area contributed by atoms with Crippen molar-refractivity contribution < 1.29 is 13.5 Å². The van der Waals surface area contributed by atoms with E-state index in [1.165, 1.54) is 11.4 Å². The first-order valence-corrected chi connectivity index (χ1v) is 7.64. The van der Waals surface area contributed by atoms with E-state index < -0.39 is 16.1 Å². The van der Waals surface area contributed by atoms with Crippen LogP contribution in [-0.4, -0.2) is 43.4 Å². The van der Waals surface area contributed by atoms with Gasteiger partial charge in [-0.2, -0.15) is 4.31 Å². The number of hydrogen-bond acceptors (Lipinski definition) is 3. The molecule has 0 aliphatic heterocycles. The minimum Gasteiger partial charge on any atom is -0.395 e. The molecule has 18 heavy (non-hydrogen) atoms. The van der Waals surface area contributed by atoms with Gasteiger partial charge in [0, 0.05) is 19.0 Å². The van der Waals surface area contributed by atoms with Gasteiger partial charge in [0.2, 0.25) is 10.0 Å². The third-order valence-corrected chi connectivity index (χ3v) is 5.04. The Balaban J connectivity index is 2.98. The summed E-state index contributed by atoms with van der Waals surface area (Å²) in [6.45, 7) is 1.44. The van der Waals surface area contributed by atoms with Crippen LogP contribution in [0.25, 0.3) is 0 Å². The number of hydrogen-bond donors (Lipinski definition) is 1. The van der Waals surface area contributed by atoms with E-state index in [9.17, 15) is 8.42 Å². The Labute approximate surface area is 113 Å². The Morgan fingerprint density at radius 1 is 1.33 bits per heavy atom. The third kappa shape index (κ3) is 3.45. The second-order valence-corrected chi connectivity index (χ2v) is 6.51. The van der Waals surface area contributed by atoms with Gasteiger partial charge < -0.3 is 5.11 Å². The van der Waals surface area contributed by atoms with Gasteiger partial charge in [-0.15, -0.1) is 11.6 Å². The first-order chi connectivity index (χ1) is 8.43. The highest BCUT2D eigenvalue weighted by Gasteiger charge is 2.24. The summed E-state index contributed by atoms with van der Waals surface area (Å²) in [6.07, 6.45) is 0.713. The molecule has 1 unspecified atom stereocenters. The largest absolute Gasteiger partial charge is 0.395 e. The number of nitrogens with zero attached hydrogens (tertiary/aromatic N) is 1. The van der Waals surface area contributed by atoms with E-state index in [-0.39, 0.29) is 11.5 Å². The van der Waals surface area contributed by atoms with Crippen LogP contribution in [0.1, 0.15) is 12.5 Å². The topological polar surface area (TPSA) is 57.6 Å². The summed E-state index contributed by atoms with van der Waals surface area (Å²) in [4.78, 5) is 0.226. The molecule has 4 nitrogen and oxygen atoms in total. The lowest BCUT2D eigenvalue weighted by Crippen LogP contribution is -2.37. The molecule has 0 saturated carbocycles. The number of sulfonamides is 1. The number of rotatable bonds is 6.